The fraction of sp³-hybridized carbons (Fsp3) is 0.421. The highest BCUT2D eigenvalue weighted by atomic mass is 35.5. The van der Waals surface area contributed by atoms with E-state index < -0.39 is 29.3 Å². The summed E-state index contributed by atoms with van der Waals surface area (Å²) in [6.07, 6.45) is 1.52. The molecular formula is C19H22ClNO6S. The fourth-order valence-electron chi connectivity index (χ4n) is 2.40. The minimum absolute atomic E-state index is 0.177. The summed E-state index contributed by atoms with van der Waals surface area (Å²) in [6, 6.07) is 3.26. The number of hydrogen-bond donors (Lipinski definition) is 0. The Morgan fingerprint density at radius 2 is 1.96 bits per heavy atom. The van der Waals surface area contributed by atoms with Gasteiger partial charge in [-0.25, -0.2) is 0 Å². The van der Waals surface area contributed by atoms with Gasteiger partial charge >= 0.3 is 5.97 Å². The lowest BCUT2D eigenvalue weighted by molar-refractivity contribution is -0.156. The van der Waals surface area contributed by atoms with Crippen LogP contribution in [0.5, 0.6) is 11.5 Å². The molecule has 1 saturated heterocycles. The first-order valence-electron chi connectivity index (χ1n) is 8.53. The molecule has 1 aliphatic heterocycles. The monoisotopic (exact) mass is 427 g/mol. The maximum atomic E-state index is 12.5. The minimum atomic E-state index is -0.704. The van der Waals surface area contributed by atoms with E-state index in [1.54, 1.807) is 32.9 Å². The van der Waals surface area contributed by atoms with E-state index >= 15 is 0 Å². The molecule has 7 nitrogen and oxygen atoms in total. The molecule has 0 unspecified atom stereocenters. The first kappa shape index (κ1) is 22.1. The molecule has 1 aromatic carbocycles. The third kappa shape index (κ3) is 5.42. The average molecular weight is 428 g/mol. The minimum Gasteiger partial charge on any atom is -0.493 e. The number of methoxy groups -OCH3 is 1. The largest absolute Gasteiger partial charge is 0.493 e. The number of thioether (sulfide) groups is 1. The van der Waals surface area contributed by atoms with Gasteiger partial charge in [0.2, 0.25) is 0 Å². The van der Waals surface area contributed by atoms with E-state index in [4.69, 9.17) is 25.8 Å². The molecule has 0 spiro atoms. The SMILES string of the molecule is CCOc1c(Cl)cc(/C=C2\SC(=O)N(CC(=O)OC(C)(C)C)C2=O)cc1OC. The van der Waals surface area contributed by atoms with Crippen LogP contribution in [-0.2, 0) is 14.3 Å². The van der Waals surface area contributed by atoms with E-state index in [-0.39, 0.29) is 4.91 Å². The predicted molar refractivity (Wildman–Crippen MR) is 108 cm³/mol. The fourth-order valence-corrected chi connectivity index (χ4v) is 3.51. The lowest BCUT2D eigenvalue weighted by Crippen LogP contribution is -2.37. The van der Waals surface area contributed by atoms with E-state index in [0.717, 1.165) is 16.7 Å². The summed E-state index contributed by atoms with van der Waals surface area (Å²) in [4.78, 5) is 37.7. The Morgan fingerprint density at radius 3 is 2.54 bits per heavy atom. The second-order valence-electron chi connectivity index (χ2n) is 6.82. The van der Waals surface area contributed by atoms with Gasteiger partial charge in [-0.05, 0) is 63.2 Å². The second kappa shape index (κ2) is 8.87. The first-order valence-corrected chi connectivity index (χ1v) is 9.72. The summed E-state index contributed by atoms with van der Waals surface area (Å²) >= 11 is 6.98. The van der Waals surface area contributed by atoms with Gasteiger partial charge in [0.15, 0.2) is 11.5 Å². The zero-order valence-corrected chi connectivity index (χ0v) is 17.9. The highest BCUT2D eigenvalue weighted by Gasteiger charge is 2.37. The molecule has 152 valence electrons. The van der Waals surface area contributed by atoms with Crippen LogP contribution >= 0.6 is 23.4 Å². The van der Waals surface area contributed by atoms with Crippen molar-refractivity contribution >= 4 is 46.6 Å². The molecule has 9 heteroatoms. The Hall–Kier alpha value is -2.19. The third-order valence-electron chi connectivity index (χ3n) is 3.42. The molecule has 0 N–H and O–H groups in total. The van der Waals surface area contributed by atoms with E-state index in [1.807, 2.05) is 6.92 Å². The van der Waals surface area contributed by atoms with Gasteiger partial charge in [-0.15, -0.1) is 0 Å². The van der Waals surface area contributed by atoms with Crippen molar-refractivity contribution in [3.05, 3.63) is 27.6 Å². The van der Waals surface area contributed by atoms with Crippen molar-refractivity contribution < 1.29 is 28.6 Å². The van der Waals surface area contributed by atoms with Gasteiger partial charge in [0, 0.05) is 0 Å². The molecule has 1 fully saturated rings. The highest BCUT2D eigenvalue weighted by molar-refractivity contribution is 8.18. The van der Waals surface area contributed by atoms with Gasteiger partial charge in [-0.2, -0.15) is 0 Å². The molecule has 2 amide bonds. The van der Waals surface area contributed by atoms with Crippen LogP contribution in [0.25, 0.3) is 6.08 Å². The number of halogens is 1. The van der Waals surface area contributed by atoms with Crippen LogP contribution in [0.4, 0.5) is 4.79 Å². The molecule has 0 radical (unpaired) electrons. The lowest BCUT2D eigenvalue weighted by atomic mass is 10.1. The summed E-state index contributed by atoms with van der Waals surface area (Å²) in [7, 11) is 1.48. The molecule has 28 heavy (non-hydrogen) atoms. The quantitative estimate of drug-likeness (QED) is 0.498. The molecule has 0 atom stereocenters. The number of amides is 2. The molecule has 1 aliphatic rings. The highest BCUT2D eigenvalue weighted by Crippen LogP contribution is 2.38. The van der Waals surface area contributed by atoms with Gasteiger partial charge in [-0.1, -0.05) is 11.6 Å². The van der Waals surface area contributed by atoms with Crippen molar-refractivity contribution in [2.45, 2.75) is 33.3 Å². The zero-order chi connectivity index (χ0) is 21.1. The summed E-state index contributed by atoms with van der Waals surface area (Å²) in [5, 5.41) is -0.216. The molecular weight excluding hydrogens is 406 g/mol. The third-order valence-corrected chi connectivity index (χ3v) is 4.61. The molecule has 0 aliphatic carbocycles. The number of imide groups is 1. The lowest BCUT2D eigenvalue weighted by Gasteiger charge is -2.21. The van der Waals surface area contributed by atoms with Crippen molar-refractivity contribution in [1.29, 1.82) is 0 Å². The summed E-state index contributed by atoms with van der Waals surface area (Å²) in [5.41, 5.74) is -0.141. The van der Waals surface area contributed by atoms with Gasteiger partial charge in [0.05, 0.1) is 23.6 Å². The van der Waals surface area contributed by atoms with Crippen LogP contribution < -0.4 is 9.47 Å². The summed E-state index contributed by atoms with van der Waals surface area (Å²) in [5.74, 6) is -0.401. The maximum absolute atomic E-state index is 12.5. The number of hydrogen-bond acceptors (Lipinski definition) is 7. The van der Waals surface area contributed by atoms with E-state index in [9.17, 15) is 14.4 Å². The van der Waals surface area contributed by atoms with Crippen molar-refractivity contribution in [1.82, 2.24) is 4.90 Å². The van der Waals surface area contributed by atoms with Crippen molar-refractivity contribution in [3.63, 3.8) is 0 Å². The van der Waals surface area contributed by atoms with Crippen molar-refractivity contribution in [3.8, 4) is 11.5 Å². The van der Waals surface area contributed by atoms with Crippen LogP contribution in [0.3, 0.4) is 0 Å². The number of carbonyl (C=O) groups is 3. The van der Waals surface area contributed by atoms with Crippen LogP contribution in [0, 0.1) is 0 Å². The zero-order valence-electron chi connectivity index (χ0n) is 16.3. The van der Waals surface area contributed by atoms with E-state index in [2.05, 4.69) is 0 Å². The topological polar surface area (TPSA) is 82.1 Å². The number of rotatable bonds is 6. The molecule has 1 aromatic rings. The van der Waals surface area contributed by atoms with Gasteiger partial charge < -0.3 is 14.2 Å². The van der Waals surface area contributed by atoms with Crippen molar-refractivity contribution in [2.75, 3.05) is 20.3 Å². The standard InChI is InChI=1S/C19H22ClNO6S/c1-6-26-16-12(20)7-11(8-13(16)25-5)9-14-17(23)21(18(24)28-14)10-15(22)27-19(2,3)4/h7-9H,6,10H2,1-5H3/b14-9-. The molecule has 2 rings (SSSR count). The van der Waals surface area contributed by atoms with Crippen molar-refractivity contribution in [2.24, 2.45) is 0 Å². The smallest absolute Gasteiger partial charge is 0.326 e. The Bertz CT molecular complexity index is 830. The number of carbonyl (C=O) groups excluding carboxylic acids is 3. The molecule has 0 bridgehead atoms. The normalized spacial score (nSPS) is 15.9. The predicted octanol–water partition coefficient (Wildman–Crippen LogP) is 4.13. The Kier molecular flexibility index (Phi) is 7.01. The number of benzene rings is 1. The van der Waals surface area contributed by atoms with Gasteiger partial charge in [0.25, 0.3) is 11.1 Å². The summed E-state index contributed by atoms with van der Waals surface area (Å²) in [6.45, 7) is 6.93. The van der Waals surface area contributed by atoms with Crippen LogP contribution in [0.2, 0.25) is 5.02 Å². The second-order valence-corrected chi connectivity index (χ2v) is 8.22. The first-order chi connectivity index (χ1) is 13.1. The Morgan fingerprint density at radius 1 is 1.29 bits per heavy atom. The van der Waals surface area contributed by atoms with E-state index in [0.29, 0.717) is 28.7 Å². The maximum Gasteiger partial charge on any atom is 0.326 e. The van der Waals surface area contributed by atoms with Crippen LogP contribution in [0.15, 0.2) is 17.0 Å². The number of ether oxygens (including phenoxy) is 3. The van der Waals surface area contributed by atoms with Gasteiger partial charge in [0.1, 0.15) is 12.1 Å². The molecule has 0 aromatic heterocycles. The van der Waals surface area contributed by atoms with Crippen LogP contribution in [0.1, 0.15) is 33.3 Å². The Labute approximate surface area is 172 Å². The van der Waals surface area contributed by atoms with Crippen LogP contribution in [-0.4, -0.2) is 47.9 Å². The molecule has 0 saturated carbocycles. The summed E-state index contributed by atoms with van der Waals surface area (Å²) < 4.78 is 15.9. The average Bonchev–Trinajstić information content (AvgIpc) is 2.83. The molecule has 1 heterocycles. The number of esters is 1. The van der Waals surface area contributed by atoms with Gasteiger partial charge in [-0.3, -0.25) is 19.3 Å². The van der Waals surface area contributed by atoms with E-state index in [1.165, 1.54) is 13.2 Å². The number of nitrogens with zero attached hydrogens (tertiary/aromatic N) is 1. The Balaban J connectivity index is 2.24.